The minimum Gasteiger partial charge on any atom is -0.379 e. The highest BCUT2D eigenvalue weighted by molar-refractivity contribution is 9.10. The average molecular weight is 331 g/mol. The third kappa shape index (κ3) is 3.85. The summed E-state index contributed by atoms with van der Waals surface area (Å²) < 4.78 is 5.87. The molecule has 1 fully saturated rings. The maximum Gasteiger partial charge on any atom is 0.311 e. The van der Waals surface area contributed by atoms with Gasteiger partial charge in [0, 0.05) is 32.4 Å². The molecule has 0 saturated carbocycles. The van der Waals surface area contributed by atoms with Crippen LogP contribution in [0.4, 0.5) is 11.4 Å². The first kappa shape index (κ1) is 14.2. The summed E-state index contributed by atoms with van der Waals surface area (Å²) in [6.45, 7) is 4.78. The second kappa shape index (κ2) is 6.78. The minimum atomic E-state index is -0.436. The monoisotopic (exact) mass is 330 g/mol. The van der Waals surface area contributed by atoms with E-state index < -0.39 is 4.92 Å². The molecular weight excluding hydrogens is 316 g/mol. The fraction of sp³-hybridized carbons (Fsp3) is 0.545. The number of pyridine rings is 1. The molecule has 104 valence electrons. The Bertz CT molecular complexity index is 452. The molecule has 1 N–H and O–H groups in total. The lowest BCUT2D eigenvalue weighted by Gasteiger charge is -2.26. The van der Waals surface area contributed by atoms with Gasteiger partial charge in [0.05, 0.1) is 22.6 Å². The van der Waals surface area contributed by atoms with Crippen molar-refractivity contribution < 1.29 is 9.66 Å². The molecule has 1 saturated heterocycles. The van der Waals surface area contributed by atoms with Gasteiger partial charge in [0.1, 0.15) is 11.9 Å². The van der Waals surface area contributed by atoms with E-state index in [1.807, 2.05) is 0 Å². The molecule has 1 aromatic rings. The number of aromatic nitrogens is 1. The Balaban J connectivity index is 1.93. The SMILES string of the molecule is O=[N+]([O-])c1cncc(Br)c1NCCN1CCOCC1. The van der Waals surface area contributed by atoms with E-state index in [1.165, 1.54) is 6.20 Å². The van der Waals surface area contributed by atoms with Crippen molar-refractivity contribution in [1.82, 2.24) is 9.88 Å². The first-order valence-electron chi connectivity index (χ1n) is 6.00. The number of rotatable bonds is 5. The summed E-state index contributed by atoms with van der Waals surface area (Å²) in [6, 6.07) is 0. The van der Waals surface area contributed by atoms with Gasteiger partial charge in [0.2, 0.25) is 0 Å². The van der Waals surface area contributed by atoms with E-state index >= 15 is 0 Å². The lowest BCUT2D eigenvalue weighted by atomic mass is 10.3. The van der Waals surface area contributed by atoms with Crippen LogP contribution in [0.15, 0.2) is 16.9 Å². The number of halogens is 1. The Morgan fingerprint density at radius 2 is 2.21 bits per heavy atom. The Morgan fingerprint density at radius 3 is 2.89 bits per heavy atom. The van der Waals surface area contributed by atoms with Crippen molar-refractivity contribution in [3.05, 3.63) is 27.0 Å². The van der Waals surface area contributed by atoms with E-state index in [0.29, 0.717) is 16.7 Å². The number of nitrogens with one attached hydrogen (secondary N) is 1. The van der Waals surface area contributed by atoms with E-state index in [0.717, 1.165) is 32.8 Å². The topological polar surface area (TPSA) is 80.5 Å². The van der Waals surface area contributed by atoms with Gasteiger partial charge in [0.15, 0.2) is 0 Å². The lowest BCUT2D eigenvalue weighted by molar-refractivity contribution is -0.384. The number of anilines is 1. The largest absolute Gasteiger partial charge is 0.379 e. The molecule has 0 aliphatic carbocycles. The fourth-order valence-corrected chi connectivity index (χ4v) is 2.36. The second-order valence-electron chi connectivity index (χ2n) is 4.15. The number of hydrogen-bond donors (Lipinski definition) is 1. The van der Waals surface area contributed by atoms with E-state index in [1.54, 1.807) is 6.20 Å². The van der Waals surface area contributed by atoms with E-state index in [4.69, 9.17) is 4.74 Å². The van der Waals surface area contributed by atoms with Crippen LogP contribution in [-0.4, -0.2) is 54.2 Å². The van der Waals surface area contributed by atoms with Gasteiger partial charge in [-0.05, 0) is 15.9 Å². The fourth-order valence-electron chi connectivity index (χ4n) is 1.90. The Hall–Kier alpha value is -1.25. The summed E-state index contributed by atoms with van der Waals surface area (Å²) >= 11 is 3.28. The van der Waals surface area contributed by atoms with Crippen LogP contribution in [-0.2, 0) is 4.74 Å². The molecule has 0 aromatic carbocycles. The van der Waals surface area contributed by atoms with Gasteiger partial charge in [-0.3, -0.25) is 20.0 Å². The van der Waals surface area contributed by atoms with Crippen molar-refractivity contribution in [1.29, 1.82) is 0 Å². The predicted molar refractivity (Wildman–Crippen MR) is 74.3 cm³/mol. The summed E-state index contributed by atoms with van der Waals surface area (Å²) in [6.07, 6.45) is 2.80. The maximum atomic E-state index is 10.9. The summed E-state index contributed by atoms with van der Waals surface area (Å²) in [5.74, 6) is 0. The number of nitro groups is 1. The molecule has 8 heteroatoms. The Kier molecular flexibility index (Phi) is 5.06. The second-order valence-corrected chi connectivity index (χ2v) is 5.01. The highest BCUT2D eigenvalue weighted by atomic mass is 79.9. The molecule has 7 nitrogen and oxygen atoms in total. The molecule has 1 aliphatic heterocycles. The molecule has 19 heavy (non-hydrogen) atoms. The van der Waals surface area contributed by atoms with Gasteiger partial charge < -0.3 is 10.1 Å². The summed E-state index contributed by atoms with van der Waals surface area (Å²) in [5, 5.41) is 14.0. The average Bonchev–Trinajstić information content (AvgIpc) is 2.41. The standard InChI is InChI=1S/C11H15BrN4O3/c12-9-7-13-8-10(16(17)18)11(9)14-1-2-15-3-5-19-6-4-15/h7-8H,1-6H2,(H,13,14). The molecule has 0 atom stereocenters. The minimum absolute atomic E-state index is 0.0173. The molecule has 0 unspecified atom stereocenters. The number of nitrogens with zero attached hydrogens (tertiary/aromatic N) is 3. The van der Waals surface area contributed by atoms with E-state index in [-0.39, 0.29) is 5.69 Å². The summed E-state index contributed by atoms with van der Waals surface area (Å²) in [4.78, 5) is 16.6. The van der Waals surface area contributed by atoms with Crippen molar-refractivity contribution in [2.45, 2.75) is 0 Å². The normalized spacial score (nSPS) is 16.3. The molecule has 0 bridgehead atoms. The van der Waals surface area contributed by atoms with Crippen molar-refractivity contribution in [3.8, 4) is 0 Å². The van der Waals surface area contributed by atoms with Crippen LogP contribution in [0.3, 0.4) is 0 Å². The lowest BCUT2D eigenvalue weighted by Crippen LogP contribution is -2.39. The van der Waals surface area contributed by atoms with Crippen LogP contribution < -0.4 is 5.32 Å². The van der Waals surface area contributed by atoms with Crippen LogP contribution in [0.2, 0.25) is 0 Å². The predicted octanol–water partition coefficient (Wildman–Crippen LogP) is 1.50. The van der Waals surface area contributed by atoms with Crippen LogP contribution >= 0.6 is 15.9 Å². The van der Waals surface area contributed by atoms with Crippen molar-refractivity contribution in [3.63, 3.8) is 0 Å². The zero-order valence-corrected chi connectivity index (χ0v) is 11.9. The van der Waals surface area contributed by atoms with Gasteiger partial charge in [-0.1, -0.05) is 0 Å². The van der Waals surface area contributed by atoms with Crippen LogP contribution in [0.1, 0.15) is 0 Å². The first-order valence-corrected chi connectivity index (χ1v) is 6.79. The third-order valence-corrected chi connectivity index (χ3v) is 3.51. The molecule has 1 aliphatic rings. The van der Waals surface area contributed by atoms with Crippen molar-refractivity contribution in [2.75, 3.05) is 44.7 Å². The molecule has 0 radical (unpaired) electrons. The summed E-state index contributed by atoms with van der Waals surface area (Å²) in [5.41, 5.74) is 0.463. The van der Waals surface area contributed by atoms with Gasteiger partial charge >= 0.3 is 5.69 Å². The van der Waals surface area contributed by atoms with Crippen LogP contribution in [0.25, 0.3) is 0 Å². The first-order chi connectivity index (χ1) is 9.18. The van der Waals surface area contributed by atoms with Crippen molar-refractivity contribution >= 4 is 27.3 Å². The van der Waals surface area contributed by atoms with E-state index in [2.05, 4.69) is 31.1 Å². The van der Waals surface area contributed by atoms with Gasteiger partial charge in [-0.25, -0.2) is 0 Å². The molecule has 0 amide bonds. The highest BCUT2D eigenvalue weighted by Crippen LogP contribution is 2.30. The van der Waals surface area contributed by atoms with Gasteiger partial charge in [-0.2, -0.15) is 0 Å². The number of morpholine rings is 1. The quantitative estimate of drug-likeness (QED) is 0.650. The molecule has 1 aromatic heterocycles. The van der Waals surface area contributed by atoms with Crippen molar-refractivity contribution in [2.24, 2.45) is 0 Å². The smallest absolute Gasteiger partial charge is 0.311 e. The zero-order valence-electron chi connectivity index (χ0n) is 10.3. The maximum absolute atomic E-state index is 10.9. The van der Waals surface area contributed by atoms with Gasteiger partial charge in [-0.15, -0.1) is 0 Å². The highest BCUT2D eigenvalue weighted by Gasteiger charge is 2.17. The van der Waals surface area contributed by atoms with Crippen LogP contribution in [0, 0.1) is 10.1 Å². The molecule has 0 spiro atoms. The number of ether oxygens (including phenoxy) is 1. The molecule has 2 rings (SSSR count). The molecular formula is C11H15BrN4O3. The summed E-state index contributed by atoms with van der Waals surface area (Å²) in [7, 11) is 0. The van der Waals surface area contributed by atoms with Crippen LogP contribution in [0.5, 0.6) is 0 Å². The Labute approximate surface area is 119 Å². The Morgan fingerprint density at radius 1 is 1.47 bits per heavy atom. The molecule has 2 heterocycles. The van der Waals surface area contributed by atoms with E-state index in [9.17, 15) is 10.1 Å². The van der Waals surface area contributed by atoms with Gasteiger partial charge in [0.25, 0.3) is 0 Å². The number of hydrogen-bond acceptors (Lipinski definition) is 6. The third-order valence-electron chi connectivity index (χ3n) is 2.91. The zero-order chi connectivity index (χ0) is 13.7.